The molecule has 3 rings (SSSR count). The highest BCUT2D eigenvalue weighted by Gasteiger charge is 2.27. The van der Waals surface area contributed by atoms with Gasteiger partial charge in [0.2, 0.25) is 0 Å². The molecule has 1 unspecified atom stereocenters. The van der Waals surface area contributed by atoms with E-state index in [1.165, 1.54) is 11.3 Å². The van der Waals surface area contributed by atoms with Gasteiger partial charge in [0.1, 0.15) is 5.82 Å². The molecule has 0 aliphatic carbocycles. The molecule has 0 saturated carbocycles. The molecule has 2 heterocycles. The van der Waals surface area contributed by atoms with Gasteiger partial charge in [-0.1, -0.05) is 30.3 Å². The Morgan fingerprint density at radius 3 is 2.81 bits per heavy atom. The molecule has 0 radical (unpaired) electrons. The summed E-state index contributed by atoms with van der Waals surface area (Å²) in [5, 5.41) is 3.06. The fourth-order valence-corrected chi connectivity index (χ4v) is 3.86. The van der Waals surface area contributed by atoms with Crippen LogP contribution in [0, 0.1) is 12.8 Å². The number of urea groups is 1. The molecular weight excluding hydrogens is 324 g/mol. The third-order valence-corrected chi connectivity index (χ3v) is 5.15. The first-order valence-corrected chi connectivity index (χ1v) is 9.64. The summed E-state index contributed by atoms with van der Waals surface area (Å²) < 4.78 is 2.31. The fourth-order valence-electron chi connectivity index (χ4n) is 3.86. The second kappa shape index (κ2) is 8.39. The van der Waals surface area contributed by atoms with Crippen molar-refractivity contribution in [2.45, 2.75) is 46.1 Å². The van der Waals surface area contributed by atoms with Crippen LogP contribution in [-0.2, 0) is 12.8 Å². The smallest absolute Gasteiger partial charge is 0.317 e. The molecule has 1 aromatic heterocycles. The number of rotatable bonds is 6. The predicted octanol–water partition coefficient (Wildman–Crippen LogP) is 3.59. The number of aromatic nitrogens is 2. The van der Waals surface area contributed by atoms with E-state index >= 15 is 0 Å². The lowest BCUT2D eigenvalue weighted by atomic mass is 10.0. The highest BCUT2D eigenvalue weighted by atomic mass is 16.2. The summed E-state index contributed by atoms with van der Waals surface area (Å²) in [6.45, 7) is 8.83. The van der Waals surface area contributed by atoms with Crippen LogP contribution in [0.2, 0.25) is 0 Å². The number of likely N-dealkylation sites (tertiary alicyclic amines) is 1. The molecule has 1 saturated heterocycles. The molecule has 1 fully saturated rings. The summed E-state index contributed by atoms with van der Waals surface area (Å²) in [6.07, 6.45) is 4.82. The van der Waals surface area contributed by atoms with Crippen LogP contribution < -0.4 is 5.32 Å². The van der Waals surface area contributed by atoms with Crippen LogP contribution in [0.1, 0.15) is 43.4 Å². The van der Waals surface area contributed by atoms with Crippen LogP contribution >= 0.6 is 0 Å². The van der Waals surface area contributed by atoms with E-state index in [2.05, 4.69) is 47.8 Å². The second-order valence-electron chi connectivity index (χ2n) is 7.55. The first kappa shape index (κ1) is 18.5. The summed E-state index contributed by atoms with van der Waals surface area (Å²) >= 11 is 0. The summed E-state index contributed by atoms with van der Waals surface area (Å²) in [7, 11) is 0. The monoisotopic (exact) mass is 354 g/mol. The van der Waals surface area contributed by atoms with E-state index in [1.807, 2.05) is 29.3 Å². The minimum Gasteiger partial charge on any atom is -0.338 e. The number of hydrogen-bond donors (Lipinski definition) is 1. The van der Waals surface area contributed by atoms with Crippen LogP contribution in [0.25, 0.3) is 0 Å². The van der Waals surface area contributed by atoms with Gasteiger partial charge in [-0.15, -0.1) is 0 Å². The van der Waals surface area contributed by atoms with Gasteiger partial charge in [0, 0.05) is 44.0 Å². The third kappa shape index (κ3) is 4.45. The standard InChI is InChI=1S/C21H30N4O/c1-16(2)25-17(3)14-23-20(25)13-19-10-12-24(15-19)21(26)22-11-9-18-7-5-4-6-8-18/h4-8,14,16,19H,9-13,15H2,1-3H3,(H,22,26). The molecule has 1 atom stereocenters. The van der Waals surface area contributed by atoms with Crippen molar-refractivity contribution in [3.05, 3.63) is 53.6 Å². The average Bonchev–Trinajstić information content (AvgIpc) is 3.23. The minimum atomic E-state index is 0.0619. The minimum absolute atomic E-state index is 0.0619. The molecule has 1 N–H and O–H groups in total. The van der Waals surface area contributed by atoms with Crippen LogP contribution in [0.4, 0.5) is 4.79 Å². The Bertz CT molecular complexity index is 723. The topological polar surface area (TPSA) is 50.2 Å². The van der Waals surface area contributed by atoms with E-state index in [4.69, 9.17) is 0 Å². The summed E-state index contributed by atoms with van der Waals surface area (Å²) in [4.78, 5) is 19.0. The largest absolute Gasteiger partial charge is 0.338 e. The van der Waals surface area contributed by atoms with E-state index < -0.39 is 0 Å². The zero-order valence-corrected chi connectivity index (χ0v) is 16.1. The van der Waals surface area contributed by atoms with E-state index in [0.717, 1.165) is 38.2 Å². The van der Waals surface area contributed by atoms with Gasteiger partial charge in [-0.3, -0.25) is 0 Å². The highest BCUT2D eigenvalue weighted by molar-refractivity contribution is 5.74. The number of nitrogens with one attached hydrogen (secondary N) is 1. The Balaban J connectivity index is 1.47. The van der Waals surface area contributed by atoms with Gasteiger partial charge in [0.15, 0.2) is 0 Å². The van der Waals surface area contributed by atoms with Crippen LogP contribution in [0.15, 0.2) is 36.5 Å². The van der Waals surface area contributed by atoms with Gasteiger partial charge in [-0.25, -0.2) is 9.78 Å². The van der Waals surface area contributed by atoms with Gasteiger partial charge in [-0.05, 0) is 45.1 Å². The van der Waals surface area contributed by atoms with Gasteiger partial charge in [0.05, 0.1) is 0 Å². The fraction of sp³-hybridized carbons (Fsp3) is 0.524. The third-order valence-electron chi connectivity index (χ3n) is 5.15. The normalized spacial score (nSPS) is 17.1. The van der Waals surface area contributed by atoms with E-state index in [-0.39, 0.29) is 6.03 Å². The maximum Gasteiger partial charge on any atom is 0.317 e. The molecule has 140 valence electrons. The van der Waals surface area contributed by atoms with E-state index in [1.54, 1.807) is 0 Å². The molecule has 1 aliphatic rings. The number of imidazole rings is 1. The summed E-state index contributed by atoms with van der Waals surface area (Å²) in [5.41, 5.74) is 2.46. The van der Waals surface area contributed by atoms with Crippen LogP contribution in [0.5, 0.6) is 0 Å². The molecule has 0 bridgehead atoms. The van der Waals surface area contributed by atoms with E-state index in [0.29, 0.717) is 18.5 Å². The first-order valence-electron chi connectivity index (χ1n) is 9.64. The lowest BCUT2D eigenvalue weighted by Crippen LogP contribution is -2.39. The Hall–Kier alpha value is -2.30. The molecular formula is C21H30N4O. The lowest BCUT2D eigenvalue weighted by molar-refractivity contribution is 0.207. The van der Waals surface area contributed by atoms with Gasteiger partial charge >= 0.3 is 6.03 Å². The molecule has 2 amide bonds. The van der Waals surface area contributed by atoms with E-state index in [9.17, 15) is 4.79 Å². The van der Waals surface area contributed by atoms with Crippen molar-refractivity contribution in [3.63, 3.8) is 0 Å². The van der Waals surface area contributed by atoms with Crippen molar-refractivity contribution in [2.75, 3.05) is 19.6 Å². The number of carbonyl (C=O) groups excluding carboxylic acids is 1. The van der Waals surface area contributed by atoms with Crippen LogP contribution in [-0.4, -0.2) is 40.1 Å². The molecule has 5 nitrogen and oxygen atoms in total. The number of benzene rings is 1. The van der Waals surface area contributed by atoms with Crippen molar-refractivity contribution in [3.8, 4) is 0 Å². The maximum absolute atomic E-state index is 12.4. The highest BCUT2D eigenvalue weighted by Crippen LogP contribution is 2.22. The number of carbonyl (C=O) groups is 1. The molecule has 1 aliphatic heterocycles. The van der Waals surface area contributed by atoms with Crippen molar-refractivity contribution in [2.24, 2.45) is 5.92 Å². The number of nitrogens with zero attached hydrogens (tertiary/aromatic N) is 3. The summed E-state index contributed by atoms with van der Waals surface area (Å²) in [6, 6.07) is 10.8. The molecule has 5 heteroatoms. The maximum atomic E-state index is 12.4. The Morgan fingerprint density at radius 1 is 1.31 bits per heavy atom. The average molecular weight is 354 g/mol. The summed E-state index contributed by atoms with van der Waals surface area (Å²) in [5.74, 6) is 1.64. The molecule has 26 heavy (non-hydrogen) atoms. The second-order valence-corrected chi connectivity index (χ2v) is 7.55. The SMILES string of the molecule is Cc1cnc(CC2CCN(C(=O)NCCc3ccccc3)C2)n1C(C)C. The first-order chi connectivity index (χ1) is 12.5. The zero-order chi connectivity index (χ0) is 18.5. The number of aryl methyl sites for hydroxylation is 1. The Labute approximate surface area is 156 Å². The molecule has 0 spiro atoms. The zero-order valence-electron chi connectivity index (χ0n) is 16.1. The van der Waals surface area contributed by atoms with Gasteiger partial charge in [0.25, 0.3) is 0 Å². The number of amides is 2. The Morgan fingerprint density at radius 2 is 2.08 bits per heavy atom. The van der Waals surface area contributed by atoms with Crippen molar-refractivity contribution in [1.82, 2.24) is 19.8 Å². The molecule has 1 aromatic carbocycles. The number of hydrogen-bond acceptors (Lipinski definition) is 2. The quantitative estimate of drug-likeness (QED) is 0.862. The van der Waals surface area contributed by atoms with Gasteiger partial charge in [-0.2, -0.15) is 0 Å². The van der Waals surface area contributed by atoms with Crippen molar-refractivity contribution >= 4 is 6.03 Å². The van der Waals surface area contributed by atoms with Crippen molar-refractivity contribution < 1.29 is 4.79 Å². The van der Waals surface area contributed by atoms with Crippen LogP contribution in [0.3, 0.4) is 0 Å². The lowest BCUT2D eigenvalue weighted by Gasteiger charge is -2.18. The molecule has 2 aromatic rings. The van der Waals surface area contributed by atoms with Crippen molar-refractivity contribution in [1.29, 1.82) is 0 Å². The Kier molecular flexibility index (Phi) is 5.96. The van der Waals surface area contributed by atoms with Gasteiger partial charge < -0.3 is 14.8 Å². The predicted molar refractivity (Wildman–Crippen MR) is 104 cm³/mol.